The van der Waals surface area contributed by atoms with Gasteiger partial charge in [-0.25, -0.2) is 0 Å². The van der Waals surface area contributed by atoms with Crippen molar-refractivity contribution in [2.24, 2.45) is 0 Å². The molecule has 0 aromatic heterocycles. The Bertz CT molecular complexity index is 967. The summed E-state index contributed by atoms with van der Waals surface area (Å²) >= 11 is 0. The van der Waals surface area contributed by atoms with Crippen molar-refractivity contribution in [3.63, 3.8) is 0 Å². The molecular weight excluding hydrogens is 670 g/mol. The van der Waals surface area contributed by atoms with Crippen LogP contribution in [-0.4, -0.2) is 87.5 Å². The molecule has 1 aliphatic heterocycles. The summed E-state index contributed by atoms with van der Waals surface area (Å²) in [4.78, 5) is 12.9. The summed E-state index contributed by atoms with van der Waals surface area (Å²) in [5.41, 5.74) is 0. The van der Waals surface area contributed by atoms with Crippen molar-refractivity contribution in [1.29, 1.82) is 0 Å². The van der Waals surface area contributed by atoms with Gasteiger partial charge in [-0.05, 0) is 64.2 Å². The van der Waals surface area contributed by atoms with Crippen LogP contribution in [0.2, 0.25) is 0 Å². The molecule has 9 heteroatoms. The van der Waals surface area contributed by atoms with Gasteiger partial charge in [0.15, 0.2) is 6.29 Å². The van der Waals surface area contributed by atoms with Crippen molar-refractivity contribution < 1.29 is 39.8 Å². The Morgan fingerprint density at radius 3 is 1.66 bits per heavy atom. The highest BCUT2D eigenvalue weighted by Gasteiger charge is 2.44. The molecule has 0 aromatic rings. The molecule has 1 saturated heterocycles. The first-order chi connectivity index (χ1) is 25.8. The average molecular weight is 750 g/mol. The third-order valence-corrected chi connectivity index (χ3v) is 9.83. The maximum Gasteiger partial charge on any atom is 0.220 e. The molecule has 0 spiro atoms. The van der Waals surface area contributed by atoms with Gasteiger partial charge in [0.05, 0.1) is 25.4 Å². The maximum atomic E-state index is 12.9. The highest BCUT2D eigenvalue weighted by Crippen LogP contribution is 2.22. The van der Waals surface area contributed by atoms with Crippen molar-refractivity contribution in [1.82, 2.24) is 5.32 Å². The predicted octanol–water partition coefficient (Wildman–Crippen LogP) is 8.28. The van der Waals surface area contributed by atoms with Gasteiger partial charge < -0.3 is 40.3 Å². The van der Waals surface area contributed by atoms with E-state index in [-0.39, 0.29) is 12.5 Å². The van der Waals surface area contributed by atoms with Gasteiger partial charge >= 0.3 is 0 Å². The minimum atomic E-state index is -1.57. The van der Waals surface area contributed by atoms with E-state index in [4.69, 9.17) is 9.47 Å². The third-order valence-electron chi connectivity index (χ3n) is 9.83. The van der Waals surface area contributed by atoms with Crippen LogP contribution < -0.4 is 5.32 Å². The molecule has 1 rings (SSSR count). The molecule has 0 saturated carbocycles. The molecule has 7 unspecified atom stereocenters. The second-order valence-electron chi connectivity index (χ2n) is 14.8. The Morgan fingerprint density at radius 2 is 1.11 bits per heavy atom. The summed E-state index contributed by atoms with van der Waals surface area (Å²) in [7, 11) is 0. The molecule has 9 nitrogen and oxygen atoms in total. The number of carbonyl (C=O) groups is 1. The van der Waals surface area contributed by atoms with Crippen molar-refractivity contribution in [3.8, 4) is 0 Å². The molecule has 0 radical (unpaired) electrons. The fourth-order valence-electron chi connectivity index (χ4n) is 6.36. The number of rotatable bonds is 34. The number of unbranched alkanes of at least 4 members (excludes halogenated alkanes) is 18. The van der Waals surface area contributed by atoms with Gasteiger partial charge in [0.2, 0.25) is 5.91 Å². The van der Waals surface area contributed by atoms with E-state index in [9.17, 15) is 30.3 Å². The molecule has 1 aliphatic rings. The minimum absolute atomic E-state index is 0.200. The average Bonchev–Trinajstić information content (AvgIpc) is 3.16. The normalized spacial score (nSPS) is 22.1. The van der Waals surface area contributed by atoms with Crippen LogP contribution in [0.5, 0.6) is 0 Å². The number of ether oxygens (including phenoxy) is 2. The number of nitrogens with one attached hydrogen (secondary N) is 1. The predicted molar refractivity (Wildman–Crippen MR) is 216 cm³/mol. The third kappa shape index (κ3) is 25.8. The second-order valence-corrected chi connectivity index (χ2v) is 14.8. The van der Waals surface area contributed by atoms with Crippen molar-refractivity contribution in [2.45, 2.75) is 211 Å². The fourth-order valence-corrected chi connectivity index (χ4v) is 6.36. The molecule has 1 heterocycles. The molecule has 0 bridgehead atoms. The van der Waals surface area contributed by atoms with Gasteiger partial charge in [0, 0.05) is 6.42 Å². The van der Waals surface area contributed by atoms with Gasteiger partial charge in [-0.15, -0.1) is 0 Å². The van der Waals surface area contributed by atoms with Gasteiger partial charge in [-0.1, -0.05) is 146 Å². The maximum absolute atomic E-state index is 12.9. The number of hydrogen-bond acceptors (Lipinski definition) is 8. The summed E-state index contributed by atoms with van der Waals surface area (Å²) in [5.74, 6) is -0.200. The van der Waals surface area contributed by atoms with Crippen molar-refractivity contribution >= 4 is 5.91 Å². The summed E-state index contributed by atoms with van der Waals surface area (Å²) in [6.45, 7) is 3.65. The molecule has 308 valence electrons. The number of allylic oxidation sites excluding steroid dienone is 7. The van der Waals surface area contributed by atoms with Crippen LogP contribution in [0.1, 0.15) is 168 Å². The van der Waals surface area contributed by atoms with E-state index in [1.807, 2.05) is 6.08 Å². The first-order valence-electron chi connectivity index (χ1n) is 21.4. The Labute approximate surface area is 323 Å². The zero-order valence-electron chi connectivity index (χ0n) is 33.5. The first kappa shape index (κ1) is 49.2. The highest BCUT2D eigenvalue weighted by molar-refractivity contribution is 5.76. The van der Waals surface area contributed by atoms with Crippen LogP contribution in [0.25, 0.3) is 0 Å². The quantitative estimate of drug-likeness (QED) is 0.0285. The van der Waals surface area contributed by atoms with Crippen LogP contribution in [0.4, 0.5) is 0 Å². The van der Waals surface area contributed by atoms with Crippen LogP contribution in [-0.2, 0) is 14.3 Å². The molecule has 6 N–H and O–H groups in total. The molecule has 1 fully saturated rings. The Hall–Kier alpha value is -1.85. The molecule has 1 amide bonds. The standard InChI is InChI=1S/C44H79NO8/c1-3-5-7-9-11-13-15-16-17-18-19-20-21-22-24-26-28-30-32-34-40(48)45-37(36-52-44-43(51)42(50)41(49)39(35-46)53-44)38(47)33-31-29-27-25-23-14-12-10-8-6-4-2/h8,10,18-19,23,25,31,33,37-39,41-44,46-47,49-51H,3-7,9,11-17,20-22,24,26-30,32,34-36H2,1-2H3,(H,45,48)/b10-8+,19-18-,25-23+,33-31+. The Balaban J connectivity index is 2.38. The van der Waals surface area contributed by atoms with Crippen molar-refractivity contribution in [2.75, 3.05) is 13.2 Å². The zero-order valence-corrected chi connectivity index (χ0v) is 33.5. The van der Waals surface area contributed by atoms with E-state index in [0.29, 0.717) is 6.42 Å². The number of amides is 1. The van der Waals surface area contributed by atoms with Crippen LogP contribution in [0.15, 0.2) is 48.6 Å². The van der Waals surface area contributed by atoms with E-state index in [1.54, 1.807) is 6.08 Å². The summed E-state index contributed by atoms with van der Waals surface area (Å²) in [5, 5.41) is 53.9. The van der Waals surface area contributed by atoms with E-state index >= 15 is 0 Å². The Morgan fingerprint density at radius 1 is 0.623 bits per heavy atom. The van der Waals surface area contributed by atoms with Crippen LogP contribution in [0.3, 0.4) is 0 Å². The van der Waals surface area contributed by atoms with Crippen LogP contribution >= 0.6 is 0 Å². The summed E-state index contributed by atoms with van der Waals surface area (Å²) in [6, 6.07) is -0.828. The van der Waals surface area contributed by atoms with E-state index in [0.717, 1.165) is 70.6 Å². The number of carbonyl (C=O) groups excluding carboxylic acids is 1. The van der Waals surface area contributed by atoms with E-state index < -0.39 is 49.5 Å². The summed E-state index contributed by atoms with van der Waals surface area (Å²) in [6.07, 6.45) is 35.9. The SMILES string of the molecule is CCC/C=C/CC/C=C/CC/C=C/C(O)C(COC1OC(CO)C(O)C(O)C1O)NC(=O)CCCCCCCCC/C=C\CCCCCCCCCC. The molecular formula is C44H79NO8. The van der Waals surface area contributed by atoms with E-state index in [2.05, 4.69) is 55.6 Å². The topological polar surface area (TPSA) is 149 Å². The van der Waals surface area contributed by atoms with Gasteiger partial charge in [-0.3, -0.25) is 4.79 Å². The molecule has 53 heavy (non-hydrogen) atoms. The lowest BCUT2D eigenvalue weighted by Crippen LogP contribution is -2.60. The lowest BCUT2D eigenvalue weighted by Gasteiger charge is -2.40. The number of aliphatic hydroxyl groups excluding tert-OH is 5. The minimum Gasteiger partial charge on any atom is -0.394 e. The summed E-state index contributed by atoms with van der Waals surface area (Å²) < 4.78 is 11.1. The second kappa shape index (κ2) is 34.6. The molecule has 0 aromatic carbocycles. The fraction of sp³-hybridized carbons (Fsp3) is 0.795. The van der Waals surface area contributed by atoms with Gasteiger partial charge in [0.25, 0.3) is 0 Å². The number of aliphatic hydroxyl groups is 5. The zero-order chi connectivity index (χ0) is 38.8. The Kier molecular flexibility index (Phi) is 32.1. The molecule has 7 atom stereocenters. The van der Waals surface area contributed by atoms with Gasteiger partial charge in [-0.2, -0.15) is 0 Å². The van der Waals surface area contributed by atoms with Gasteiger partial charge in [0.1, 0.15) is 24.4 Å². The van der Waals surface area contributed by atoms with Crippen molar-refractivity contribution in [3.05, 3.63) is 48.6 Å². The van der Waals surface area contributed by atoms with Crippen LogP contribution in [0, 0.1) is 0 Å². The first-order valence-corrected chi connectivity index (χ1v) is 21.4. The largest absolute Gasteiger partial charge is 0.394 e. The smallest absolute Gasteiger partial charge is 0.220 e. The van der Waals surface area contributed by atoms with E-state index in [1.165, 1.54) is 77.0 Å². The lowest BCUT2D eigenvalue weighted by molar-refractivity contribution is -0.302. The number of hydrogen-bond donors (Lipinski definition) is 6. The molecule has 0 aliphatic carbocycles. The monoisotopic (exact) mass is 750 g/mol. The lowest BCUT2D eigenvalue weighted by atomic mass is 9.99. The highest BCUT2D eigenvalue weighted by atomic mass is 16.7.